The van der Waals surface area contributed by atoms with Crippen LogP contribution in [0.4, 0.5) is 8.78 Å². The minimum atomic E-state index is -0.471. The Balaban J connectivity index is 2.22. The minimum Gasteiger partial charge on any atom is -0.463 e. The van der Waals surface area contributed by atoms with Crippen molar-refractivity contribution < 1.29 is 23.0 Å². The molecule has 5 heteroatoms. The average molecular weight is 244 g/mol. The molecule has 94 valence electrons. The van der Waals surface area contributed by atoms with E-state index in [1.165, 1.54) is 6.92 Å². The smallest absolute Gasteiger partial charge is 0.302 e. The van der Waals surface area contributed by atoms with E-state index in [-0.39, 0.29) is 37.8 Å². The molecule has 0 saturated heterocycles. The summed E-state index contributed by atoms with van der Waals surface area (Å²) in [5.74, 6) is -1.29. The molecule has 0 aliphatic rings. The largest absolute Gasteiger partial charge is 0.463 e. The molecule has 1 aromatic carbocycles. The van der Waals surface area contributed by atoms with E-state index in [1.54, 1.807) is 0 Å². The average Bonchev–Trinajstić information content (AvgIpc) is 2.27. The molecule has 0 N–H and O–H groups in total. The summed E-state index contributed by atoms with van der Waals surface area (Å²) >= 11 is 0. The molecule has 0 aliphatic heterocycles. The van der Waals surface area contributed by atoms with Crippen molar-refractivity contribution in [3.63, 3.8) is 0 Å². The molecule has 0 unspecified atom stereocenters. The summed E-state index contributed by atoms with van der Waals surface area (Å²) in [6, 6.07) is 3.30. The Morgan fingerprint density at radius 3 is 2.71 bits per heavy atom. The Labute approximate surface area is 98.3 Å². The quantitative estimate of drug-likeness (QED) is 0.567. The van der Waals surface area contributed by atoms with Crippen molar-refractivity contribution in [2.24, 2.45) is 0 Å². The van der Waals surface area contributed by atoms with Gasteiger partial charge >= 0.3 is 5.97 Å². The van der Waals surface area contributed by atoms with E-state index in [4.69, 9.17) is 4.74 Å². The SMILES string of the molecule is CC(=O)OCCOCCc1cc(F)ccc1F. The van der Waals surface area contributed by atoms with Crippen LogP contribution >= 0.6 is 0 Å². The zero-order valence-corrected chi connectivity index (χ0v) is 9.54. The highest BCUT2D eigenvalue weighted by Gasteiger charge is 2.03. The van der Waals surface area contributed by atoms with E-state index in [0.717, 1.165) is 18.2 Å². The molecule has 0 fully saturated rings. The van der Waals surface area contributed by atoms with Crippen molar-refractivity contribution in [2.45, 2.75) is 13.3 Å². The normalized spacial score (nSPS) is 10.3. The van der Waals surface area contributed by atoms with Crippen LogP contribution in [0.1, 0.15) is 12.5 Å². The van der Waals surface area contributed by atoms with Gasteiger partial charge in [0.25, 0.3) is 0 Å². The highest BCUT2D eigenvalue weighted by Crippen LogP contribution is 2.10. The van der Waals surface area contributed by atoms with E-state index in [0.29, 0.717) is 0 Å². The molecule has 0 aromatic heterocycles. The topological polar surface area (TPSA) is 35.5 Å². The predicted molar refractivity (Wildman–Crippen MR) is 57.5 cm³/mol. The van der Waals surface area contributed by atoms with Gasteiger partial charge in [0, 0.05) is 6.92 Å². The van der Waals surface area contributed by atoms with Gasteiger partial charge in [-0.25, -0.2) is 8.78 Å². The molecular formula is C12H14F2O3. The van der Waals surface area contributed by atoms with Gasteiger partial charge in [0.15, 0.2) is 0 Å². The van der Waals surface area contributed by atoms with Crippen LogP contribution in [0.5, 0.6) is 0 Å². The van der Waals surface area contributed by atoms with Gasteiger partial charge in [-0.15, -0.1) is 0 Å². The van der Waals surface area contributed by atoms with Gasteiger partial charge in [-0.05, 0) is 30.2 Å². The second kappa shape index (κ2) is 6.96. The first-order valence-corrected chi connectivity index (χ1v) is 5.24. The number of rotatable bonds is 6. The number of benzene rings is 1. The third-order valence-electron chi connectivity index (χ3n) is 2.06. The van der Waals surface area contributed by atoms with E-state index < -0.39 is 11.6 Å². The number of hydrogen-bond donors (Lipinski definition) is 0. The summed E-state index contributed by atoms with van der Waals surface area (Å²) in [5.41, 5.74) is 0.275. The van der Waals surface area contributed by atoms with Crippen molar-refractivity contribution in [3.05, 3.63) is 35.4 Å². The van der Waals surface area contributed by atoms with Crippen molar-refractivity contribution in [2.75, 3.05) is 19.8 Å². The summed E-state index contributed by atoms with van der Waals surface area (Å²) in [7, 11) is 0. The second-order valence-electron chi connectivity index (χ2n) is 3.44. The van der Waals surface area contributed by atoms with Gasteiger partial charge < -0.3 is 9.47 Å². The molecule has 0 saturated carbocycles. The molecule has 3 nitrogen and oxygen atoms in total. The number of ether oxygens (including phenoxy) is 2. The maximum atomic E-state index is 13.2. The van der Waals surface area contributed by atoms with Crippen molar-refractivity contribution in [3.8, 4) is 0 Å². The number of hydrogen-bond acceptors (Lipinski definition) is 3. The first-order valence-electron chi connectivity index (χ1n) is 5.24. The van der Waals surface area contributed by atoms with Crippen LogP contribution in [0.3, 0.4) is 0 Å². The monoisotopic (exact) mass is 244 g/mol. The molecule has 0 atom stereocenters. The fourth-order valence-corrected chi connectivity index (χ4v) is 1.26. The first kappa shape index (κ1) is 13.6. The highest BCUT2D eigenvalue weighted by molar-refractivity contribution is 5.65. The molecule has 0 heterocycles. The maximum absolute atomic E-state index is 13.2. The summed E-state index contributed by atoms with van der Waals surface area (Å²) in [4.78, 5) is 10.4. The van der Waals surface area contributed by atoms with Crippen LogP contribution in [-0.4, -0.2) is 25.8 Å². The summed E-state index contributed by atoms with van der Waals surface area (Å²) in [6.07, 6.45) is 0.281. The predicted octanol–water partition coefficient (Wildman–Crippen LogP) is 2.09. The lowest BCUT2D eigenvalue weighted by atomic mass is 10.1. The van der Waals surface area contributed by atoms with Crippen molar-refractivity contribution in [1.82, 2.24) is 0 Å². The molecule has 0 bridgehead atoms. The Morgan fingerprint density at radius 1 is 1.24 bits per heavy atom. The van der Waals surface area contributed by atoms with Gasteiger partial charge in [0.05, 0.1) is 13.2 Å². The van der Waals surface area contributed by atoms with Crippen LogP contribution in [0.25, 0.3) is 0 Å². The maximum Gasteiger partial charge on any atom is 0.302 e. The van der Waals surface area contributed by atoms with Gasteiger partial charge in [-0.3, -0.25) is 4.79 Å². The summed E-state index contributed by atoms with van der Waals surface area (Å²) < 4.78 is 35.7. The third kappa shape index (κ3) is 5.40. The zero-order chi connectivity index (χ0) is 12.7. The summed E-state index contributed by atoms with van der Waals surface area (Å²) in [6.45, 7) is 1.97. The third-order valence-corrected chi connectivity index (χ3v) is 2.06. The minimum absolute atomic E-state index is 0.168. The van der Waals surface area contributed by atoms with Crippen LogP contribution in [-0.2, 0) is 20.7 Å². The first-order chi connectivity index (χ1) is 8.09. The fraction of sp³-hybridized carbons (Fsp3) is 0.417. The second-order valence-corrected chi connectivity index (χ2v) is 3.44. The van der Waals surface area contributed by atoms with Crippen molar-refractivity contribution in [1.29, 1.82) is 0 Å². The van der Waals surface area contributed by atoms with Gasteiger partial charge in [0.1, 0.15) is 18.2 Å². The fourth-order valence-electron chi connectivity index (χ4n) is 1.26. The molecular weight excluding hydrogens is 230 g/mol. The van der Waals surface area contributed by atoms with E-state index in [9.17, 15) is 13.6 Å². The number of esters is 1. The molecule has 0 spiro atoms. The lowest BCUT2D eigenvalue weighted by molar-refractivity contribution is -0.142. The molecule has 1 aromatic rings. The van der Waals surface area contributed by atoms with Crippen LogP contribution in [0.2, 0.25) is 0 Å². The molecule has 17 heavy (non-hydrogen) atoms. The van der Waals surface area contributed by atoms with Gasteiger partial charge in [-0.2, -0.15) is 0 Å². The van der Waals surface area contributed by atoms with Crippen LogP contribution in [0, 0.1) is 11.6 Å². The van der Waals surface area contributed by atoms with Crippen molar-refractivity contribution >= 4 is 5.97 Å². The summed E-state index contributed by atoms with van der Waals surface area (Å²) in [5, 5.41) is 0. The standard InChI is InChI=1S/C12H14F2O3/c1-9(15)17-7-6-16-5-4-10-8-11(13)2-3-12(10)14/h2-3,8H,4-7H2,1H3. The Hall–Kier alpha value is -1.49. The van der Waals surface area contributed by atoms with Gasteiger partial charge in [-0.1, -0.05) is 0 Å². The lowest BCUT2D eigenvalue weighted by Gasteiger charge is -2.05. The lowest BCUT2D eigenvalue weighted by Crippen LogP contribution is -2.09. The molecule has 0 aliphatic carbocycles. The number of carbonyl (C=O) groups excluding carboxylic acids is 1. The van der Waals surface area contributed by atoms with E-state index in [2.05, 4.69) is 4.74 Å². The van der Waals surface area contributed by atoms with Crippen LogP contribution in [0.15, 0.2) is 18.2 Å². The number of halogens is 2. The Kier molecular flexibility index (Phi) is 5.56. The molecule has 1 rings (SSSR count). The van der Waals surface area contributed by atoms with E-state index in [1.807, 2.05) is 0 Å². The van der Waals surface area contributed by atoms with E-state index >= 15 is 0 Å². The van der Waals surface area contributed by atoms with Crippen LogP contribution < -0.4 is 0 Å². The molecule has 0 radical (unpaired) electrons. The Bertz CT molecular complexity index is 380. The highest BCUT2D eigenvalue weighted by atomic mass is 19.1. The zero-order valence-electron chi connectivity index (χ0n) is 9.54. The Morgan fingerprint density at radius 2 is 2.00 bits per heavy atom. The molecule has 0 amide bonds. The van der Waals surface area contributed by atoms with Gasteiger partial charge in [0.2, 0.25) is 0 Å². The number of carbonyl (C=O) groups is 1.